The molecule has 6 nitrogen and oxygen atoms in total. The SMILES string of the molecule is Cc1oc(CO)cc1S(=O)(=O)NCCN(C(C)C)C(C)C. The van der Waals surface area contributed by atoms with Crippen LogP contribution in [0.5, 0.6) is 0 Å². The molecule has 0 radical (unpaired) electrons. The minimum absolute atomic E-state index is 0.0900. The predicted molar refractivity (Wildman–Crippen MR) is 81.5 cm³/mol. The molecule has 0 saturated carbocycles. The molecule has 0 bridgehead atoms. The molecule has 21 heavy (non-hydrogen) atoms. The monoisotopic (exact) mass is 318 g/mol. The van der Waals surface area contributed by atoms with E-state index in [-0.39, 0.29) is 23.0 Å². The molecule has 1 heterocycles. The molecule has 0 aromatic carbocycles. The van der Waals surface area contributed by atoms with Crippen molar-refractivity contribution < 1.29 is 17.9 Å². The van der Waals surface area contributed by atoms with Crippen molar-refractivity contribution in [3.05, 3.63) is 17.6 Å². The summed E-state index contributed by atoms with van der Waals surface area (Å²) in [4.78, 5) is 2.30. The molecule has 0 aliphatic rings. The molecule has 0 saturated heterocycles. The smallest absolute Gasteiger partial charge is 0.244 e. The van der Waals surface area contributed by atoms with Crippen molar-refractivity contribution in [3.63, 3.8) is 0 Å². The minimum atomic E-state index is -3.61. The number of furan rings is 1. The highest BCUT2D eigenvalue weighted by molar-refractivity contribution is 7.89. The second kappa shape index (κ2) is 7.40. The standard InChI is InChI=1S/C14H26N2O4S/c1-10(2)16(11(3)4)7-6-15-21(18,19)14-8-13(9-17)20-12(14)5/h8,10-11,15,17H,6-7,9H2,1-5H3. The second-order valence-electron chi connectivity index (χ2n) is 5.61. The highest BCUT2D eigenvalue weighted by Crippen LogP contribution is 2.19. The zero-order chi connectivity index (χ0) is 16.2. The number of hydrogen-bond acceptors (Lipinski definition) is 5. The molecule has 0 amide bonds. The van der Waals surface area contributed by atoms with Gasteiger partial charge in [0, 0.05) is 31.2 Å². The molecular formula is C14H26N2O4S. The van der Waals surface area contributed by atoms with E-state index in [2.05, 4.69) is 37.3 Å². The lowest BCUT2D eigenvalue weighted by Crippen LogP contribution is -2.42. The van der Waals surface area contributed by atoms with E-state index < -0.39 is 10.0 Å². The van der Waals surface area contributed by atoms with Crippen LogP contribution in [0.1, 0.15) is 39.2 Å². The van der Waals surface area contributed by atoms with E-state index in [9.17, 15) is 8.42 Å². The van der Waals surface area contributed by atoms with Gasteiger partial charge in [-0.3, -0.25) is 4.90 Å². The number of aliphatic hydroxyl groups excluding tert-OH is 1. The lowest BCUT2D eigenvalue weighted by molar-refractivity contribution is 0.179. The maximum atomic E-state index is 12.2. The van der Waals surface area contributed by atoms with Gasteiger partial charge >= 0.3 is 0 Å². The Morgan fingerprint density at radius 3 is 2.29 bits per heavy atom. The lowest BCUT2D eigenvalue weighted by Gasteiger charge is -2.30. The maximum absolute atomic E-state index is 12.2. The summed E-state index contributed by atoms with van der Waals surface area (Å²) in [6.45, 7) is 10.6. The van der Waals surface area contributed by atoms with Crippen molar-refractivity contribution in [2.45, 2.75) is 58.2 Å². The Morgan fingerprint density at radius 1 is 1.29 bits per heavy atom. The first-order chi connectivity index (χ1) is 9.69. The van der Waals surface area contributed by atoms with Gasteiger partial charge in [0.1, 0.15) is 23.0 Å². The number of aryl methyl sites for hydroxylation is 1. The molecule has 0 aliphatic heterocycles. The molecule has 1 rings (SSSR count). The van der Waals surface area contributed by atoms with E-state index in [0.29, 0.717) is 25.2 Å². The third kappa shape index (κ3) is 4.81. The van der Waals surface area contributed by atoms with Gasteiger partial charge in [-0.2, -0.15) is 0 Å². The predicted octanol–water partition coefficient (Wildman–Crippen LogP) is 1.48. The minimum Gasteiger partial charge on any atom is -0.462 e. The summed E-state index contributed by atoms with van der Waals surface area (Å²) in [5.74, 6) is 0.537. The molecule has 0 atom stereocenters. The fraction of sp³-hybridized carbons (Fsp3) is 0.714. The molecule has 0 fully saturated rings. The zero-order valence-corrected chi connectivity index (χ0v) is 14.2. The summed E-state index contributed by atoms with van der Waals surface area (Å²) in [5.41, 5.74) is 0. The third-order valence-electron chi connectivity index (χ3n) is 3.36. The Morgan fingerprint density at radius 2 is 1.86 bits per heavy atom. The molecule has 1 aromatic rings. The van der Waals surface area contributed by atoms with Crippen LogP contribution in [-0.4, -0.2) is 43.6 Å². The van der Waals surface area contributed by atoms with E-state index in [1.807, 2.05) is 0 Å². The molecule has 1 aromatic heterocycles. The molecule has 7 heteroatoms. The van der Waals surface area contributed by atoms with Crippen LogP contribution in [0.3, 0.4) is 0 Å². The molecule has 2 N–H and O–H groups in total. The van der Waals surface area contributed by atoms with E-state index in [1.165, 1.54) is 6.07 Å². The number of sulfonamides is 1. The highest BCUT2D eigenvalue weighted by Gasteiger charge is 2.21. The van der Waals surface area contributed by atoms with Crippen LogP contribution >= 0.6 is 0 Å². The van der Waals surface area contributed by atoms with E-state index in [1.54, 1.807) is 6.92 Å². The maximum Gasteiger partial charge on any atom is 0.244 e. The molecule has 0 spiro atoms. The first kappa shape index (κ1) is 18.2. The number of rotatable bonds is 8. The summed E-state index contributed by atoms with van der Waals surface area (Å²) < 4.78 is 32.2. The van der Waals surface area contributed by atoms with Crippen molar-refractivity contribution in [2.75, 3.05) is 13.1 Å². The lowest BCUT2D eigenvalue weighted by atomic mass is 10.2. The topological polar surface area (TPSA) is 82.8 Å². The average molecular weight is 318 g/mol. The van der Waals surface area contributed by atoms with Crippen molar-refractivity contribution >= 4 is 10.0 Å². The van der Waals surface area contributed by atoms with Crippen LogP contribution in [-0.2, 0) is 16.6 Å². The first-order valence-electron chi connectivity index (χ1n) is 7.14. The highest BCUT2D eigenvalue weighted by atomic mass is 32.2. The van der Waals surface area contributed by atoms with Crippen LogP contribution in [0.4, 0.5) is 0 Å². The number of hydrogen-bond donors (Lipinski definition) is 2. The molecule has 0 aliphatic carbocycles. The van der Waals surface area contributed by atoms with Crippen LogP contribution in [0.25, 0.3) is 0 Å². The largest absolute Gasteiger partial charge is 0.462 e. The Kier molecular flexibility index (Phi) is 6.40. The Balaban J connectivity index is 2.71. The van der Waals surface area contributed by atoms with Gasteiger partial charge < -0.3 is 9.52 Å². The van der Waals surface area contributed by atoms with Crippen LogP contribution < -0.4 is 4.72 Å². The average Bonchev–Trinajstić information content (AvgIpc) is 2.75. The normalized spacial score (nSPS) is 12.8. The second-order valence-corrected chi connectivity index (χ2v) is 7.35. The van der Waals surface area contributed by atoms with Crippen LogP contribution in [0.2, 0.25) is 0 Å². The Labute approximate surface area is 127 Å². The fourth-order valence-electron chi connectivity index (χ4n) is 2.37. The number of nitrogens with one attached hydrogen (secondary N) is 1. The third-order valence-corrected chi connectivity index (χ3v) is 4.93. The molecular weight excluding hydrogens is 292 g/mol. The van der Waals surface area contributed by atoms with Gasteiger partial charge in [-0.25, -0.2) is 13.1 Å². The van der Waals surface area contributed by atoms with Gasteiger partial charge in [0.25, 0.3) is 0 Å². The summed E-state index contributed by atoms with van der Waals surface area (Å²) >= 11 is 0. The number of aliphatic hydroxyl groups is 1. The van der Waals surface area contributed by atoms with Gasteiger partial charge in [0.15, 0.2) is 0 Å². The Hall–Kier alpha value is -0.890. The van der Waals surface area contributed by atoms with Gasteiger partial charge in [0.2, 0.25) is 10.0 Å². The summed E-state index contributed by atoms with van der Waals surface area (Å²) in [6, 6.07) is 2.07. The zero-order valence-electron chi connectivity index (χ0n) is 13.4. The summed E-state index contributed by atoms with van der Waals surface area (Å²) in [5, 5.41) is 9.00. The van der Waals surface area contributed by atoms with Crippen LogP contribution in [0, 0.1) is 6.92 Å². The van der Waals surface area contributed by atoms with E-state index in [0.717, 1.165) is 0 Å². The summed E-state index contributed by atoms with van der Waals surface area (Å²) in [6.07, 6.45) is 0. The van der Waals surface area contributed by atoms with Gasteiger partial charge in [0.05, 0.1) is 0 Å². The van der Waals surface area contributed by atoms with Gasteiger partial charge in [-0.1, -0.05) is 0 Å². The van der Waals surface area contributed by atoms with Gasteiger partial charge in [-0.05, 0) is 34.6 Å². The quantitative estimate of drug-likeness (QED) is 0.758. The molecule has 122 valence electrons. The fourth-order valence-corrected chi connectivity index (χ4v) is 3.59. The van der Waals surface area contributed by atoms with E-state index in [4.69, 9.17) is 9.52 Å². The van der Waals surface area contributed by atoms with E-state index >= 15 is 0 Å². The molecule has 0 unspecified atom stereocenters. The van der Waals surface area contributed by atoms with Crippen LogP contribution in [0.15, 0.2) is 15.4 Å². The Bertz CT molecular complexity index is 541. The van der Waals surface area contributed by atoms with Crippen molar-refractivity contribution in [1.82, 2.24) is 9.62 Å². The van der Waals surface area contributed by atoms with Gasteiger partial charge in [-0.15, -0.1) is 0 Å². The number of nitrogens with zero attached hydrogens (tertiary/aromatic N) is 1. The first-order valence-corrected chi connectivity index (χ1v) is 8.63. The van der Waals surface area contributed by atoms with Crippen molar-refractivity contribution in [1.29, 1.82) is 0 Å². The summed E-state index contributed by atoms with van der Waals surface area (Å²) in [7, 11) is -3.61. The van der Waals surface area contributed by atoms with Crippen molar-refractivity contribution in [2.24, 2.45) is 0 Å². The van der Waals surface area contributed by atoms with Crippen molar-refractivity contribution in [3.8, 4) is 0 Å².